The molecule has 0 saturated carbocycles. The number of nitrogens with one attached hydrogen (secondary N) is 3. The van der Waals surface area contributed by atoms with Crippen molar-refractivity contribution in [3.05, 3.63) is 16.1 Å². The lowest BCUT2D eigenvalue weighted by molar-refractivity contribution is 0.0474. The van der Waals surface area contributed by atoms with Crippen LogP contribution in [-0.2, 0) is 17.6 Å². The van der Waals surface area contributed by atoms with Crippen LogP contribution in [0, 0.1) is 0 Å². The van der Waals surface area contributed by atoms with Gasteiger partial charge < -0.3 is 20.7 Å². The van der Waals surface area contributed by atoms with Crippen molar-refractivity contribution < 1.29 is 9.53 Å². The second-order valence-corrected chi connectivity index (χ2v) is 8.89. The fourth-order valence-corrected chi connectivity index (χ4v) is 2.93. The van der Waals surface area contributed by atoms with Crippen LogP contribution in [-0.4, -0.2) is 48.3 Å². The summed E-state index contributed by atoms with van der Waals surface area (Å²) in [6.45, 7) is 12.8. The first kappa shape index (κ1) is 22.2. The van der Waals surface area contributed by atoms with E-state index >= 15 is 0 Å². The number of thiazole rings is 1. The largest absolute Gasteiger partial charge is 0.444 e. The molecule has 3 N–H and O–H groups in total. The highest BCUT2D eigenvalue weighted by atomic mass is 32.1. The van der Waals surface area contributed by atoms with Crippen molar-refractivity contribution in [2.24, 2.45) is 4.99 Å². The molecule has 0 aliphatic heterocycles. The van der Waals surface area contributed by atoms with E-state index in [1.807, 2.05) is 40.8 Å². The Morgan fingerprint density at radius 3 is 2.50 bits per heavy atom. The molecule has 1 amide bonds. The van der Waals surface area contributed by atoms with E-state index in [2.05, 4.69) is 32.9 Å². The second kappa shape index (κ2) is 9.75. The molecule has 0 aliphatic carbocycles. The predicted molar refractivity (Wildman–Crippen MR) is 108 cm³/mol. The number of amides is 1. The third kappa shape index (κ3) is 9.03. The number of carbonyl (C=O) groups is 1. The van der Waals surface area contributed by atoms with E-state index in [4.69, 9.17) is 4.74 Å². The number of carbonyl (C=O) groups excluding carboxylic acids is 1. The smallest absolute Gasteiger partial charge is 0.408 e. The Balaban J connectivity index is 2.38. The Bertz CT molecular complexity index is 605. The molecule has 148 valence electrons. The minimum absolute atomic E-state index is 0.428. The van der Waals surface area contributed by atoms with Gasteiger partial charge in [-0.15, -0.1) is 11.3 Å². The van der Waals surface area contributed by atoms with Gasteiger partial charge in [0.25, 0.3) is 0 Å². The van der Waals surface area contributed by atoms with E-state index in [-0.39, 0.29) is 0 Å². The van der Waals surface area contributed by atoms with Crippen LogP contribution in [0.2, 0.25) is 0 Å². The molecule has 0 aromatic carbocycles. The highest BCUT2D eigenvalue weighted by molar-refractivity contribution is 7.11. The number of aryl methyl sites for hydroxylation is 1. The molecule has 0 bridgehead atoms. The van der Waals surface area contributed by atoms with Gasteiger partial charge in [0.1, 0.15) is 5.60 Å². The summed E-state index contributed by atoms with van der Waals surface area (Å²) in [4.78, 5) is 21.9. The van der Waals surface area contributed by atoms with Crippen LogP contribution in [0.4, 0.5) is 4.79 Å². The van der Waals surface area contributed by atoms with Gasteiger partial charge in [-0.3, -0.25) is 4.99 Å². The average molecular weight is 384 g/mol. The topological polar surface area (TPSA) is 87.6 Å². The molecular weight excluding hydrogens is 350 g/mol. The Hall–Kier alpha value is -1.83. The van der Waals surface area contributed by atoms with Crippen LogP contribution in [0.3, 0.4) is 0 Å². The van der Waals surface area contributed by atoms with Crippen molar-refractivity contribution in [2.75, 3.05) is 20.1 Å². The third-order valence-corrected chi connectivity index (χ3v) is 4.54. The van der Waals surface area contributed by atoms with Crippen molar-refractivity contribution in [3.8, 4) is 0 Å². The van der Waals surface area contributed by atoms with E-state index in [0.717, 1.165) is 24.4 Å². The number of ether oxygens (including phenoxy) is 1. The van der Waals surface area contributed by atoms with Crippen LogP contribution in [0.5, 0.6) is 0 Å². The molecule has 0 saturated heterocycles. The number of guanidine groups is 1. The minimum Gasteiger partial charge on any atom is -0.444 e. The van der Waals surface area contributed by atoms with E-state index in [9.17, 15) is 4.79 Å². The number of alkyl carbamates (subject to hydrolysis) is 1. The lowest BCUT2D eigenvalue weighted by Crippen LogP contribution is -2.54. The molecule has 1 aromatic heterocycles. The Morgan fingerprint density at radius 1 is 1.27 bits per heavy atom. The minimum atomic E-state index is -0.515. The predicted octanol–water partition coefficient (Wildman–Crippen LogP) is 2.72. The van der Waals surface area contributed by atoms with Gasteiger partial charge in [0.15, 0.2) is 5.96 Å². The first-order valence-electron chi connectivity index (χ1n) is 8.94. The van der Waals surface area contributed by atoms with Crippen LogP contribution in [0.1, 0.15) is 51.4 Å². The van der Waals surface area contributed by atoms with Crippen molar-refractivity contribution in [1.29, 1.82) is 0 Å². The molecule has 7 nitrogen and oxygen atoms in total. The molecule has 1 heterocycles. The van der Waals surface area contributed by atoms with Crippen LogP contribution >= 0.6 is 11.3 Å². The summed E-state index contributed by atoms with van der Waals surface area (Å²) in [5, 5.41) is 10.5. The van der Waals surface area contributed by atoms with Crippen molar-refractivity contribution >= 4 is 23.4 Å². The first-order chi connectivity index (χ1) is 12.0. The Labute approximate surface area is 161 Å². The van der Waals surface area contributed by atoms with Gasteiger partial charge in [-0.25, -0.2) is 9.78 Å². The molecule has 26 heavy (non-hydrogen) atoms. The number of hydrogen-bond acceptors (Lipinski definition) is 5. The van der Waals surface area contributed by atoms with Gasteiger partial charge in [-0.05, 0) is 41.0 Å². The summed E-state index contributed by atoms with van der Waals surface area (Å²) in [6.07, 6.45) is 3.39. The number of nitrogens with zero attached hydrogens (tertiary/aromatic N) is 2. The molecule has 1 rings (SSSR count). The van der Waals surface area contributed by atoms with E-state index in [1.165, 1.54) is 4.88 Å². The highest BCUT2D eigenvalue weighted by Gasteiger charge is 2.24. The standard InChI is InChI=1S/C18H33N5O2S/c1-8-13-11-21-14(26-13)9-10-20-15(19-7)22-12-18(5,6)23-16(24)25-17(2,3)4/h11H,8-10,12H2,1-7H3,(H,23,24)(H2,19,20,22). The van der Waals surface area contributed by atoms with Crippen molar-refractivity contribution in [3.63, 3.8) is 0 Å². The molecule has 0 aliphatic rings. The van der Waals surface area contributed by atoms with E-state index in [1.54, 1.807) is 18.4 Å². The molecular formula is C18H33N5O2S. The number of aliphatic imine (C=N–C) groups is 1. The zero-order valence-corrected chi connectivity index (χ0v) is 17.8. The van der Waals surface area contributed by atoms with E-state index in [0.29, 0.717) is 12.5 Å². The molecule has 0 spiro atoms. The van der Waals surface area contributed by atoms with Gasteiger partial charge in [-0.2, -0.15) is 0 Å². The summed E-state index contributed by atoms with van der Waals surface area (Å²) in [5.74, 6) is 0.691. The molecule has 0 atom stereocenters. The summed E-state index contributed by atoms with van der Waals surface area (Å²) >= 11 is 1.75. The highest BCUT2D eigenvalue weighted by Crippen LogP contribution is 2.13. The second-order valence-electron chi connectivity index (χ2n) is 7.69. The zero-order chi connectivity index (χ0) is 19.8. The fraction of sp³-hybridized carbons (Fsp3) is 0.722. The summed E-state index contributed by atoms with van der Waals surface area (Å²) in [6, 6.07) is 0. The molecule has 0 radical (unpaired) electrons. The molecule has 1 aromatic rings. The molecule has 0 unspecified atom stereocenters. The normalized spacial score (nSPS) is 12.7. The van der Waals surface area contributed by atoms with Crippen molar-refractivity contribution in [2.45, 2.75) is 65.5 Å². The van der Waals surface area contributed by atoms with Gasteiger partial charge in [-0.1, -0.05) is 6.92 Å². The SMILES string of the molecule is CCc1cnc(CCNC(=NC)NCC(C)(C)NC(=O)OC(C)(C)C)s1. The maximum absolute atomic E-state index is 11.9. The number of rotatable bonds is 7. The number of hydrogen-bond donors (Lipinski definition) is 3. The Morgan fingerprint density at radius 2 is 1.96 bits per heavy atom. The molecule has 0 fully saturated rings. The maximum atomic E-state index is 11.9. The summed E-state index contributed by atoms with van der Waals surface area (Å²) in [5.41, 5.74) is -0.996. The lowest BCUT2D eigenvalue weighted by Gasteiger charge is -2.29. The summed E-state index contributed by atoms with van der Waals surface area (Å²) in [7, 11) is 1.72. The van der Waals surface area contributed by atoms with Gasteiger partial charge in [0.05, 0.1) is 10.5 Å². The number of aromatic nitrogens is 1. The first-order valence-corrected chi connectivity index (χ1v) is 9.75. The van der Waals surface area contributed by atoms with Crippen LogP contribution in [0.15, 0.2) is 11.2 Å². The average Bonchev–Trinajstić information content (AvgIpc) is 2.96. The van der Waals surface area contributed by atoms with Gasteiger partial charge in [0, 0.05) is 37.6 Å². The lowest BCUT2D eigenvalue weighted by atomic mass is 10.1. The van der Waals surface area contributed by atoms with Crippen LogP contribution in [0.25, 0.3) is 0 Å². The Kier molecular flexibility index (Phi) is 8.33. The zero-order valence-electron chi connectivity index (χ0n) is 17.0. The van der Waals surface area contributed by atoms with Gasteiger partial charge in [0.2, 0.25) is 0 Å². The third-order valence-electron chi connectivity index (χ3n) is 3.34. The van der Waals surface area contributed by atoms with Crippen molar-refractivity contribution in [1.82, 2.24) is 20.9 Å². The fourth-order valence-electron chi connectivity index (χ4n) is 2.06. The van der Waals surface area contributed by atoms with Crippen LogP contribution < -0.4 is 16.0 Å². The van der Waals surface area contributed by atoms with E-state index < -0.39 is 17.2 Å². The van der Waals surface area contributed by atoms with Gasteiger partial charge >= 0.3 is 6.09 Å². The monoisotopic (exact) mass is 383 g/mol. The summed E-state index contributed by atoms with van der Waals surface area (Å²) < 4.78 is 5.30. The maximum Gasteiger partial charge on any atom is 0.408 e. The quantitative estimate of drug-likeness (QED) is 0.498. The molecule has 8 heteroatoms.